The Morgan fingerprint density at radius 2 is 1.93 bits per heavy atom. The molecule has 0 aliphatic heterocycles. The SMILES string of the molecule is CCNC(=NCc1cccc(C(=O)NC(C)(C)C)c1)NCCCCSC.I. The minimum Gasteiger partial charge on any atom is -0.357 e. The summed E-state index contributed by atoms with van der Waals surface area (Å²) in [6, 6.07) is 7.65. The van der Waals surface area contributed by atoms with Crippen molar-refractivity contribution in [2.24, 2.45) is 4.99 Å². The van der Waals surface area contributed by atoms with Crippen LogP contribution in [-0.4, -0.2) is 42.5 Å². The van der Waals surface area contributed by atoms with Crippen molar-refractivity contribution in [3.8, 4) is 0 Å². The molecule has 27 heavy (non-hydrogen) atoms. The largest absolute Gasteiger partial charge is 0.357 e. The molecule has 0 unspecified atom stereocenters. The zero-order chi connectivity index (χ0) is 19.4. The lowest BCUT2D eigenvalue weighted by Gasteiger charge is -2.20. The number of benzene rings is 1. The van der Waals surface area contributed by atoms with E-state index in [1.807, 2.05) is 56.8 Å². The highest BCUT2D eigenvalue weighted by atomic mass is 127. The average molecular weight is 506 g/mol. The number of carbonyl (C=O) groups excluding carboxylic acids is 1. The maximum atomic E-state index is 12.3. The maximum Gasteiger partial charge on any atom is 0.251 e. The van der Waals surface area contributed by atoms with Gasteiger partial charge in [0, 0.05) is 24.2 Å². The third kappa shape index (κ3) is 12.2. The van der Waals surface area contributed by atoms with Crippen molar-refractivity contribution in [1.82, 2.24) is 16.0 Å². The summed E-state index contributed by atoms with van der Waals surface area (Å²) in [6.45, 7) is 10.3. The Balaban J connectivity index is 0.00000676. The van der Waals surface area contributed by atoms with Crippen LogP contribution in [0.4, 0.5) is 0 Å². The highest BCUT2D eigenvalue weighted by Crippen LogP contribution is 2.09. The second-order valence-corrected chi connectivity index (χ2v) is 8.21. The zero-order valence-corrected chi connectivity index (χ0v) is 20.4. The lowest BCUT2D eigenvalue weighted by atomic mass is 10.1. The molecule has 1 rings (SSSR count). The molecule has 1 aromatic rings. The molecular formula is C20H35IN4OS. The van der Waals surface area contributed by atoms with Crippen molar-refractivity contribution in [3.63, 3.8) is 0 Å². The monoisotopic (exact) mass is 506 g/mol. The van der Waals surface area contributed by atoms with Crippen molar-refractivity contribution in [3.05, 3.63) is 35.4 Å². The number of nitrogens with one attached hydrogen (secondary N) is 3. The summed E-state index contributed by atoms with van der Waals surface area (Å²) in [6.07, 6.45) is 4.47. The predicted octanol–water partition coefficient (Wildman–Crippen LogP) is 4.03. The highest BCUT2D eigenvalue weighted by Gasteiger charge is 2.15. The van der Waals surface area contributed by atoms with Gasteiger partial charge in [-0.05, 0) is 70.2 Å². The summed E-state index contributed by atoms with van der Waals surface area (Å²) in [7, 11) is 0. The van der Waals surface area contributed by atoms with E-state index in [9.17, 15) is 4.79 Å². The van der Waals surface area contributed by atoms with Crippen LogP contribution in [0.5, 0.6) is 0 Å². The van der Waals surface area contributed by atoms with Gasteiger partial charge < -0.3 is 16.0 Å². The Hall–Kier alpha value is -0.960. The third-order valence-electron chi connectivity index (χ3n) is 3.51. The third-order valence-corrected chi connectivity index (χ3v) is 4.21. The lowest BCUT2D eigenvalue weighted by molar-refractivity contribution is 0.0919. The van der Waals surface area contributed by atoms with E-state index in [1.54, 1.807) is 0 Å². The van der Waals surface area contributed by atoms with Gasteiger partial charge in [0.25, 0.3) is 5.91 Å². The molecule has 0 bridgehead atoms. The predicted molar refractivity (Wildman–Crippen MR) is 130 cm³/mol. The van der Waals surface area contributed by atoms with Crippen molar-refractivity contribution in [1.29, 1.82) is 0 Å². The summed E-state index contributed by atoms with van der Waals surface area (Å²) in [5.74, 6) is 1.96. The summed E-state index contributed by atoms with van der Waals surface area (Å²) in [4.78, 5) is 16.9. The minimum absolute atomic E-state index is 0. The summed E-state index contributed by atoms with van der Waals surface area (Å²) >= 11 is 1.88. The number of aliphatic imine (C=N–C) groups is 1. The molecule has 7 heteroatoms. The number of thioether (sulfide) groups is 1. The molecule has 3 N–H and O–H groups in total. The second kappa shape index (κ2) is 14.1. The molecule has 1 aromatic carbocycles. The Bertz CT molecular complexity index is 588. The molecule has 0 radical (unpaired) electrons. The fraction of sp³-hybridized carbons (Fsp3) is 0.600. The van der Waals surface area contributed by atoms with Gasteiger partial charge in [0.1, 0.15) is 0 Å². The Labute approximate surface area is 186 Å². The van der Waals surface area contributed by atoms with Gasteiger partial charge in [0.15, 0.2) is 5.96 Å². The fourth-order valence-electron chi connectivity index (χ4n) is 2.31. The molecule has 0 aliphatic carbocycles. The highest BCUT2D eigenvalue weighted by molar-refractivity contribution is 14.0. The number of carbonyl (C=O) groups is 1. The van der Waals surface area contributed by atoms with Crippen LogP contribution in [0.2, 0.25) is 0 Å². The average Bonchev–Trinajstić information content (AvgIpc) is 2.58. The van der Waals surface area contributed by atoms with E-state index in [2.05, 4.69) is 34.1 Å². The topological polar surface area (TPSA) is 65.5 Å². The molecule has 0 saturated heterocycles. The Kier molecular flexibility index (Phi) is 13.6. The molecule has 0 heterocycles. The fourth-order valence-corrected chi connectivity index (χ4v) is 2.81. The number of halogens is 1. The van der Waals surface area contributed by atoms with Crippen molar-refractivity contribution >= 4 is 47.6 Å². The Morgan fingerprint density at radius 3 is 2.56 bits per heavy atom. The van der Waals surface area contributed by atoms with Crippen LogP contribution in [0, 0.1) is 0 Å². The lowest BCUT2D eigenvalue weighted by Crippen LogP contribution is -2.40. The van der Waals surface area contributed by atoms with Crippen LogP contribution >= 0.6 is 35.7 Å². The number of rotatable bonds is 9. The van der Waals surface area contributed by atoms with Gasteiger partial charge in [-0.3, -0.25) is 4.79 Å². The molecule has 0 fully saturated rings. The first-order chi connectivity index (χ1) is 12.4. The van der Waals surface area contributed by atoms with E-state index in [0.29, 0.717) is 12.1 Å². The minimum atomic E-state index is -0.246. The van der Waals surface area contributed by atoms with Gasteiger partial charge in [-0.15, -0.1) is 24.0 Å². The molecule has 0 aliphatic rings. The van der Waals surface area contributed by atoms with E-state index in [0.717, 1.165) is 31.0 Å². The number of unbranched alkanes of at least 4 members (excludes halogenated alkanes) is 1. The summed E-state index contributed by atoms with van der Waals surface area (Å²) < 4.78 is 0. The standard InChI is InChI=1S/C20H34N4OS.HI/c1-6-21-19(22-12-7-8-13-26-5)23-15-16-10-9-11-17(14-16)18(25)24-20(2,3)4;/h9-11,14H,6-8,12-13,15H2,1-5H3,(H,24,25)(H2,21,22,23);1H. The molecule has 0 atom stereocenters. The Morgan fingerprint density at radius 1 is 1.19 bits per heavy atom. The second-order valence-electron chi connectivity index (χ2n) is 7.23. The first kappa shape index (κ1) is 26.0. The van der Waals surface area contributed by atoms with E-state index >= 15 is 0 Å². The zero-order valence-electron chi connectivity index (χ0n) is 17.2. The van der Waals surface area contributed by atoms with Gasteiger partial charge in [-0.2, -0.15) is 11.8 Å². The van der Waals surface area contributed by atoms with Crippen molar-refractivity contribution in [2.75, 3.05) is 25.1 Å². The number of guanidine groups is 1. The van der Waals surface area contributed by atoms with Crippen LogP contribution in [0.1, 0.15) is 56.5 Å². The van der Waals surface area contributed by atoms with E-state index in [-0.39, 0.29) is 35.4 Å². The van der Waals surface area contributed by atoms with Crippen LogP contribution in [0.15, 0.2) is 29.3 Å². The van der Waals surface area contributed by atoms with Gasteiger partial charge in [-0.25, -0.2) is 4.99 Å². The normalized spacial score (nSPS) is 11.5. The van der Waals surface area contributed by atoms with Gasteiger partial charge in [0.2, 0.25) is 0 Å². The smallest absolute Gasteiger partial charge is 0.251 e. The molecule has 0 aromatic heterocycles. The van der Waals surface area contributed by atoms with Crippen LogP contribution in [0.25, 0.3) is 0 Å². The summed E-state index contributed by atoms with van der Waals surface area (Å²) in [5.41, 5.74) is 1.44. The molecular weight excluding hydrogens is 471 g/mol. The van der Waals surface area contributed by atoms with Crippen LogP contribution in [-0.2, 0) is 6.54 Å². The van der Waals surface area contributed by atoms with E-state index in [1.165, 1.54) is 12.2 Å². The summed E-state index contributed by atoms with van der Waals surface area (Å²) in [5, 5.41) is 9.63. The molecule has 1 amide bonds. The molecule has 0 saturated carbocycles. The molecule has 154 valence electrons. The van der Waals surface area contributed by atoms with Gasteiger partial charge >= 0.3 is 0 Å². The van der Waals surface area contributed by atoms with Crippen molar-refractivity contribution in [2.45, 2.75) is 52.6 Å². The first-order valence-corrected chi connectivity index (χ1v) is 10.7. The molecule has 5 nitrogen and oxygen atoms in total. The van der Waals surface area contributed by atoms with Gasteiger partial charge in [-0.1, -0.05) is 12.1 Å². The first-order valence-electron chi connectivity index (χ1n) is 9.28. The number of hydrogen-bond acceptors (Lipinski definition) is 3. The van der Waals surface area contributed by atoms with Crippen molar-refractivity contribution < 1.29 is 4.79 Å². The molecule has 0 spiro atoms. The van der Waals surface area contributed by atoms with E-state index in [4.69, 9.17) is 0 Å². The maximum absolute atomic E-state index is 12.3. The van der Waals surface area contributed by atoms with Crippen LogP contribution in [0.3, 0.4) is 0 Å². The quantitative estimate of drug-likeness (QED) is 0.205. The number of amides is 1. The number of hydrogen-bond donors (Lipinski definition) is 3. The van der Waals surface area contributed by atoms with Crippen LogP contribution < -0.4 is 16.0 Å². The van der Waals surface area contributed by atoms with Gasteiger partial charge in [0.05, 0.1) is 6.54 Å². The van der Waals surface area contributed by atoms with E-state index < -0.39 is 0 Å². The number of nitrogens with zero attached hydrogens (tertiary/aromatic N) is 1.